The van der Waals surface area contributed by atoms with E-state index in [4.69, 9.17) is 16.3 Å². The van der Waals surface area contributed by atoms with Crippen LogP contribution in [-0.4, -0.2) is 42.3 Å². The van der Waals surface area contributed by atoms with Gasteiger partial charge in [-0.1, -0.05) is 29.8 Å². The van der Waals surface area contributed by atoms with Crippen LogP contribution in [0.4, 0.5) is 13.2 Å². The molecule has 0 saturated heterocycles. The number of fused-ring (bicyclic) bond motifs is 1. The van der Waals surface area contributed by atoms with Crippen LogP contribution < -0.4 is 26.0 Å². The largest absolute Gasteiger partial charge is 0.573 e. The van der Waals surface area contributed by atoms with E-state index in [1.807, 2.05) is 0 Å². The summed E-state index contributed by atoms with van der Waals surface area (Å²) in [5.74, 6) is -0.915. The summed E-state index contributed by atoms with van der Waals surface area (Å²) >= 11 is 6.01. The summed E-state index contributed by atoms with van der Waals surface area (Å²) < 4.78 is 52.2. The van der Waals surface area contributed by atoms with E-state index < -0.39 is 28.9 Å². The standard InChI is InChI=1S/C23H23ClF3N5O5/c1-22(9-8-14(24)12-28-22)13-32-17-18(30(2)21(35)31(19(17)34)10-5-11-33)29-20(32)36-15-6-3-4-7-16(15)37-23(25,26)27/h3-4,6-9,12,28,33H,5,10-11,13H2,1-2H3. The van der Waals surface area contributed by atoms with Crippen LogP contribution in [0.5, 0.6) is 17.5 Å². The van der Waals surface area contributed by atoms with Crippen molar-refractivity contribution < 1.29 is 27.8 Å². The van der Waals surface area contributed by atoms with E-state index in [0.717, 1.165) is 15.2 Å². The lowest BCUT2D eigenvalue weighted by molar-refractivity contribution is -0.275. The number of benzene rings is 1. The van der Waals surface area contributed by atoms with Crippen molar-refractivity contribution in [1.29, 1.82) is 0 Å². The molecule has 10 nitrogen and oxygen atoms in total. The highest BCUT2D eigenvalue weighted by Crippen LogP contribution is 2.36. The summed E-state index contributed by atoms with van der Waals surface area (Å²) in [6.45, 7) is 1.53. The number of para-hydroxylation sites is 2. The van der Waals surface area contributed by atoms with Crippen molar-refractivity contribution >= 4 is 22.8 Å². The number of nitrogens with zero attached hydrogens (tertiary/aromatic N) is 4. The van der Waals surface area contributed by atoms with E-state index in [0.29, 0.717) is 5.03 Å². The molecule has 198 valence electrons. The molecule has 2 N–H and O–H groups in total. The maximum absolute atomic E-state index is 13.5. The van der Waals surface area contributed by atoms with Crippen molar-refractivity contribution in [2.75, 3.05) is 6.61 Å². The fourth-order valence-corrected chi connectivity index (χ4v) is 3.98. The predicted octanol–water partition coefficient (Wildman–Crippen LogP) is 2.97. The van der Waals surface area contributed by atoms with Crippen molar-refractivity contribution in [1.82, 2.24) is 24.0 Å². The Bertz CT molecular complexity index is 1510. The lowest BCUT2D eigenvalue weighted by Gasteiger charge is -2.30. The number of aromatic nitrogens is 4. The summed E-state index contributed by atoms with van der Waals surface area (Å²) in [7, 11) is 1.41. The minimum Gasteiger partial charge on any atom is -0.421 e. The summed E-state index contributed by atoms with van der Waals surface area (Å²) in [6, 6.07) is 4.88. The van der Waals surface area contributed by atoms with E-state index in [9.17, 15) is 27.9 Å². The fourth-order valence-electron chi connectivity index (χ4n) is 3.86. The number of imidazole rings is 1. The number of rotatable bonds is 8. The maximum atomic E-state index is 13.5. The van der Waals surface area contributed by atoms with Gasteiger partial charge in [0.15, 0.2) is 22.7 Å². The Labute approximate surface area is 212 Å². The van der Waals surface area contributed by atoms with Crippen molar-refractivity contribution in [2.24, 2.45) is 7.05 Å². The third-order valence-electron chi connectivity index (χ3n) is 5.65. The van der Waals surface area contributed by atoms with Crippen LogP contribution in [0.3, 0.4) is 0 Å². The molecular formula is C23H23ClF3N5O5. The first kappa shape index (κ1) is 26.4. The Hall–Kier alpha value is -3.71. The third-order valence-corrected chi connectivity index (χ3v) is 5.89. The smallest absolute Gasteiger partial charge is 0.421 e. The van der Waals surface area contributed by atoms with Gasteiger partial charge in [0.1, 0.15) is 0 Å². The molecule has 3 aromatic rings. The molecule has 0 bridgehead atoms. The molecule has 14 heteroatoms. The molecule has 3 heterocycles. The molecule has 1 aliphatic rings. The minimum absolute atomic E-state index is 0.0127. The van der Waals surface area contributed by atoms with E-state index >= 15 is 0 Å². The zero-order chi connectivity index (χ0) is 27.0. The zero-order valence-electron chi connectivity index (χ0n) is 19.8. The Kier molecular flexibility index (Phi) is 7.11. The minimum atomic E-state index is -4.97. The van der Waals surface area contributed by atoms with Crippen LogP contribution in [-0.2, 0) is 20.1 Å². The molecule has 0 radical (unpaired) electrons. The molecule has 4 rings (SSSR count). The van der Waals surface area contributed by atoms with Gasteiger partial charge < -0.3 is 19.9 Å². The van der Waals surface area contributed by atoms with Crippen molar-refractivity contribution in [3.8, 4) is 17.5 Å². The first-order valence-corrected chi connectivity index (χ1v) is 11.5. The summed E-state index contributed by atoms with van der Waals surface area (Å²) in [4.78, 5) is 30.6. The number of halogens is 4. The average molecular weight is 542 g/mol. The molecular weight excluding hydrogens is 519 g/mol. The molecule has 1 atom stereocenters. The van der Waals surface area contributed by atoms with Crippen LogP contribution in [0.15, 0.2) is 57.2 Å². The first-order chi connectivity index (χ1) is 17.4. The quantitative estimate of drug-likeness (QED) is 0.451. The number of aliphatic hydroxyl groups is 1. The van der Waals surface area contributed by atoms with E-state index in [-0.39, 0.29) is 49.0 Å². The maximum Gasteiger partial charge on any atom is 0.573 e. The molecule has 0 aliphatic carbocycles. The van der Waals surface area contributed by atoms with Crippen LogP contribution in [0.1, 0.15) is 13.3 Å². The van der Waals surface area contributed by atoms with Gasteiger partial charge in [-0.15, -0.1) is 13.2 Å². The Morgan fingerprint density at radius 2 is 1.89 bits per heavy atom. The number of alkyl halides is 3. The van der Waals surface area contributed by atoms with Gasteiger partial charge in [-0.2, -0.15) is 4.98 Å². The highest BCUT2D eigenvalue weighted by Gasteiger charge is 2.33. The molecule has 37 heavy (non-hydrogen) atoms. The van der Waals surface area contributed by atoms with Gasteiger partial charge >= 0.3 is 18.1 Å². The summed E-state index contributed by atoms with van der Waals surface area (Å²) in [5.41, 5.74) is -2.22. The average Bonchev–Trinajstić information content (AvgIpc) is 3.18. The van der Waals surface area contributed by atoms with Gasteiger partial charge in [-0.3, -0.25) is 18.5 Å². The van der Waals surface area contributed by atoms with Gasteiger partial charge in [0.2, 0.25) is 0 Å². The van der Waals surface area contributed by atoms with Gasteiger partial charge in [-0.25, -0.2) is 4.79 Å². The van der Waals surface area contributed by atoms with E-state index in [2.05, 4.69) is 15.0 Å². The second-order valence-corrected chi connectivity index (χ2v) is 8.99. The molecule has 0 spiro atoms. The monoisotopic (exact) mass is 541 g/mol. The number of ether oxygens (including phenoxy) is 2. The SMILES string of the molecule is Cn1c(=O)n(CCCO)c(=O)c2c1nc(Oc1ccccc1OC(F)(F)F)n2CC1(C)C=CC(Cl)=CN1. The Balaban J connectivity index is 1.91. The van der Waals surface area contributed by atoms with Crippen molar-refractivity contribution in [3.05, 3.63) is 68.5 Å². The molecule has 0 saturated carbocycles. The number of nitrogens with one attached hydrogen (secondary N) is 1. The number of aryl methyl sites for hydroxylation is 1. The van der Waals surface area contributed by atoms with Crippen LogP contribution in [0, 0.1) is 0 Å². The molecule has 0 amide bonds. The van der Waals surface area contributed by atoms with Crippen molar-refractivity contribution in [3.63, 3.8) is 0 Å². The molecule has 1 aliphatic heterocycles. The number of hydrogen-bond donors (Lipinski definition) is 2. The van der Waals surface area contributed by atoms with Gasteiger partial charge in [-0.05, 0) is 31.6 Å². The van der Waals surface area contributed by atoms with E-state index in [1.165, 1.54) is 29.8 Å². The molecule has 1 unspecified atom stereocenters. The number of dihydropyridines is 1. The zero-order valence-corrected chi connectivity index (χ0v) is 20.5. The number of aliphatic hydroxyl groups excluding tert-OH is 1. The molecule has 1 aromatic carbocycles. The molecule has 2 aromatic heterocycles. The number of hydrogen-bond acceptors (Lipinski definition) is 7. The molecule has 0 fully saturated rings. The van der Waals surface area contributed by atoms with Crippen LogP contribution in [0.2, 0.25) is 0 Å². The van der Waals surface area contributed by atoms with Gasteiger partial charge in [0, 0.05) is 26.4 Å². The topological polar surface area (TPSA) is 113 Å². The van der Waals surface area contributed by atoms with E-state index in [1.54, 1.807) is 25.3 Å². The number of allylic oxidation sites excluding steroid dienone is 2. The lowest BCUT2D eigenvalue weighted by Crippen LogP contribution is -2.44. The normalized spacial score (nSPS) is 17.5. The summed E-state index contributed by atoms with van der Waals surface area (Å²) in [5, 5.41) is 12.8. The van der Waals surface area contributed by atoms with Gasteiger partial charge in [0.25, 0.3) is 5.56 Å². The second-order valence-electron chi connectivity index (χ2n) is 8.55. The Morgan fingerprint density at radius 1 is 1.19 bits per heavy atom. The summed E-state index contributed by atoms with van der Waals surface area (Å²) in [6.07, 6.45) is 0.145. The third kappa shape index (κ3) is 5.52. The first-order valence-electron chi connectivity index (χ1n) is 11.1. The lowest BCUT2D eigenvalue weighted by atomic mass is 10.00. The second kappa shape index (κ2) is 9.98. The van der Waals surface area contributed by atoms with Crippen LogP contribution >= 0.6 is 11.6 Å². The fraction of sp³-hybridized carbons (Fsp3) is 0.348. The van der Waals surface area contributed by atoms with Crippen molar-refractivity contribution in [2.45, 2.75) is 38.3 Å². The highest BCUT2D eigenvalue weighted by atomic mass is 35.5. The predicted molar refractivity (Wildman–Crippen MR) is 129 cm³/mol. The Morgan fingerprint density at radius 3 is 2.51 bits per heavy atom. The van der Waals surface area contributed by atoms with Crippen LogP contribution in [0.25, 0.3) is 11.2 Å². The van der Waals surface area contributed by atoms with Gasteiger partial charge in [0.05, 0.1) is 17.1 Å². The highest BCUT2D eigenvalue weighted by molar-refractivity contribution is 6.31.